The summed E-state index contributed by atoms with van der Waals surface area (Å²) in [5, 5.41) is 38.1. The Labute approximate surface area is 368 Å². The number of unbranched alkanes of at least 4 members (excludes halogenated alkanes) is 2. The van der Waals surface area contributed by atoms with E-state index < -0.39 is 28.8 Å². The fourth-order valence-electron chi connectivity index (χ4n) is 9.52. The Balaban J connectivity index is 1.38. The first-order valence-corrected chi connectivity index (χ1v) is 21.8. The van der Waals surface area contributed by atoms with Gasteiger partial charge in [0.05, 0.1) is 29.8 Å². The number of hydrogen-bond donors (Lipinski definition) is 2. The average Bonchev–Trinajstić information content (AvgIpc) is 3.29. The number of carbonyl (C=O) groups is 1. The molecule has 1 aliphatic heterocycles. The third kappa shape index (κ3) is 9.96. The molecule has 0 spiro atoms. The maximum Gasteiger partial charge on any atom is 0.409 e. The van der Waals surface area contributed by atoms with E-state index in [1.54, 1.807) is 31.3 Å². The number of hydrogen-bond acceptors (Lipinski definition) is 11. The van der Waals surface area contributed by atoms with Gasteiger partial charge in [-0.2, -0.15) is 0 Å². The van der Waals surface area contributed by atoms with E-state index in [1.807, 2.05) is 42.5 Å². The van der Waals surface area contributed by atoms with Gasteiger partial charge in [0.2, 0.25) is 5.79 Å². The van der Waals surface area contributed by atoms with Gasteiger partial charge in [-0.1, -0.05) is 66.6 Å². The molecular weight excluding hydrogens is 803 g/mol. The number of benzene rings is 4. The van der Waals surface area contributed by atoms with Crippen LogP contribution in [0.25, 0.3) is 10.8 Å². The van der Waals surface area contributed by atoms with Gasteiger partial charge in [-0.3, -0.25) is 10.1 Å². The molecule has 332 valence electrons. The molecule has 13 heteroatoms. The Bertz CT molecular complexity index is 2310. The number of nitrogens with zero attached hydrogens (tertiary/aromatic N) is 3. The van der Waals surface area contributed by atoms with E-state index in [0.29, 0.717) is 47.8 Å². The van der Waals surface area contributed by atoms with Crippen LogP contribution in [0.15, 0.2) is 127 Å². The van der Waals surface area contributed by atoms with Crippen LogP contribution in [-0.4, -0.2) is 77.1 Å². The summed E-state index contributed by atoms with van der Waals surface area (Å²) in [6.45, 7) is 8.20. The SMILES string of the molecule is C=CCCOC(=O)N(C)C1CC(=NOCc2ccc([N+](=O)[O-])cc2)C2=CC(CCCCO)C(CCCCO)C3c4cc(Oc5ccc6ccccc6c5)ccc4OC1(OCC=C)C23. The van der Waals surface area contributed by atoms with Crippen molar-refractivity contribution in [2.45, 2.75) is 75.7 Å². The van der Waals surface area contributed by atoms with Crippen LogP contribution >= 0.6 is 0 Å². The Morgan fingerprint density at radius 2 is 1.68 bits per heavy atom. The van der Waals surface area contributed by atoms with E-state index >= 15 is 0 Å². The molecule has 3 aliphatic rings. The number of non-ortho nitro benzene ring substituents is 1. The van der Waals surface area contributed by atoms with Gasteiger partial charge in [-0.15, -0.1) is 13.2 Å². The zero-order chi connectivity index (χ0) is 44.3. The van der Waals surface area contributed by atoms with Crippen molar-refractivity contribution in [2.24, 2.45) is 22.9 Å². The van der Waals surface area contributed by atoms with Gasteiger partial charge >= 0.3 is 6.09 Å². The first kappa shape index (κ1) is 45.0. The fraction of sp³-hybridized carbons (Fsp3) is 0.400. The summed E-state index contributed by atoms with van der Waals surface area (Å²) in [4.78, 5) is 32.5. The molecule has 4 aromatic carbocycles. The normalized spacial score (nSPS) is 22.8. The topological polar surface area (TPSA) is 162 Å². The van der Waals surface area contributed by atoms with Crippen LogP contribution in [0, 0.1) is 27.9 Å². The number of aliphatic hydroxyl groups is 2. The Morgan fingerprint density at radius 3 is 2.41 bits per heavy atom. The summed E-state index contributed by atoms with van der Waals surface area (Å²) in [7, 11) is 1.68. The van der Waals surface area contributed by atoms with Gasteiger partial charge < -0.3 is 38.9 Å². The van der Waals surface area contributed by atoms with Gasteiger partial charge in [0, 0.05) is 50.3 Å². The minimum Gasteiger partial charge on any atom is -0.459 e. The van der Waals surface area contributed by atoms with E-state index in [1.165, 1.54) is 17.0 Å². The van der Waals surface area contributed by atoms with Gasteiger partial charge in [-0.25, -0.2) is 4.79 Å². The van der Waals surface area contributed by atoms with Gasteiger partial charge in [0.25, 0.3) is 5.69 Å². The number of rotatable bonds is 21. The zero-order valence-electron chi connectivity index (χ0n) is 35.8. The van der Waals surface area contributed by atoms with Crippen molar-refractivity contribution in [2.75, 3.05) is 33.5 Å². The first-order valence-electron chi connectivity index (χ1n) is 21.8. The van der Waals surface area contributed by atoms with Crippen molar-refractivity contribution in [1.29, 1.82) is 0 Å². The molecule has 0 radical (unpaired) electrons. The Morgan fingerprint density at radius 1 is 0.952 bits per heavy atom. The molecule has 6 unspecified atom stereocenters. The summed E-state index contributed by atoms with van der Waals surface area (Å²) in [5.74, 6) is -0.284. The first-order chi connectivity index (χ1) is 30.7. The number of fused-ring (bicyclic) bond motifs is 3. The number of allylic oxidation sites excluding steroid dienone is 1. The van der Waals surface area contributed by atoms with Gasteiger partial charge in [0.1, 0.15) is 29.9 Å². The monoisotopic (exact) mass is 859 g/mol. The highest BCUT2D eigenvalue weighted by molar-refractivity contribution is 6.03. The molecule has 2 aliphatic carbocycles. The molecule has 0 aromatic heterocycles. The number of oxime groups is 1. The third-order valence-corrected chi connectivity index (χ3v) is 12.5. The number of nitro benzene ring substituents is 1. The number of carbonyl (C=O) groups excluding carboxylic acids is 1. The van der Waals surface area contributed by atoms with E-state index in [4.69, 9.17) is 28.9 Å². The molecule has 0 bridgehead atoms. The Hall–Kier alpha value is -6.02. The van der Waals surface area contributed by atoms with Crippen LogP contribution in [0.4, 0.5) is 10.5 Å². The predicted octanol–water partition coefficient (Wildman–Crippen LogP) is 10.0. The molecular formula is C50H57N3O10. The van der Waals surface area contributed by atoms with Gasteiger partial charge in [0.15, 0.2) is 0 Å². The largest absolute Gasteiger partial charge is 0.459 e. The molecule has 2 N–H and O–H groups in total. The minimum atomic E-state index is -1.45. The predicted molar refractivity (Wildman–Crippen MR) is 241 cm³/mol. The third-order valence-electron chi connectivity index (χ3n) is 12.5. The van der Waals surface area contributed by atoms with Crippen LogP contribution in [0.1, 0.15) is 68.4 Å². The molecule has 1 fully saturated rings. The zero-order valence-corrected chi connectivity index (χ0v) is 35.8. The van der Waals surface area contributed by atoms with Crippen LogP contribution in [0.3, 0.4) is 0 Å². The standard InChI is InChI=1S/C50H57N3O10/c1-4-6-28-59-49(56)52(3)46-32-44(51-61-33-34-17-20-38(21-18-34)53(57)58)42-30-37(15-9-11-25-54)41(16-10-12-26-55)47-43-31-40(62-39-22-19-35-13-7-8-14-36(35)29-39)23-24-45(43)63-50(46,48(42)47)60-27-5-2/h4-5,7-8,13-14,17-24,29-31,37,41,46-48,54-55H,1-2,6,9-12,15-16,25-28,32-33H2,3H3. The number of amides is 1. The summed E-state index contributed by atoms with van der Waals surface area (Å²) in [6, 6.07) is 25.3. The lowest BCUT2D eigenvalue weighted by Gasteiger charge is -2.59. The maximum absolute atomic E-state index is 14.0. The van der Waals surface area contributed by atoms with E-state index in [9.17, 15) is 25.1 Å². The molecule has 4 aromatic rings. The number of aliphatic hydroxyl groups excluding tert-OH is 2. The lowest BCUT2D eigenvalue weighted by Crippen LogP contribution is -2.69. The van der Waals surface area contributed by atoms with Crippen LogP contribution in [-0.2, 0) is 20.9 Å². The van der Waals surface area contributed by atoms with Gasteiger partial charge in [-0.05, 0) is 108 Å². The lowest BCUT2D eigenvalue weighted by molar-refractivity contribution is -0.384. The summed E-state index contributed by atoms with van der Waals surface area (Å²) in [5.41, 5.74) is 3.07. The second-order valence-corrected chi connectivity index (χ2v) is 16.4. The number of nitro groups is 1. The van der Waals surface area contributed by atoms with E-state index in [2.05, 4.69) is 37.4 Å². The van der Waals surface area contributed by atoms with Crippen LogP contribution < -0.4 is 9.47 Å². The molecule has 7 rings (SSSR count). The molecule has 6 atom stereocenters. The van der Waals surface area contributed by atoms with Crippen molar-refractivity contribution < 1.29 is 43.7 Å². The Kier molecular flexibility index (Phi) is 14.9. The molecule has 0 saturated heterocycles. The molecule has 13 nitrogen and oxygen atoms in total. The highest BCUT2D eigenvalue weighted by atomic mass is 16.7. The van der Waals surface area contributed by atoms with E-state index in [-0.39, 0.29) is 62.9 Å². The van der Waals surface area contributed by atoms with Crippen molar-refractivity contribution in [1.82, 2.24) is 4.90 Å². The highest BCUT2D eigenvalue weighted by Crippen LogP contribution is 2.62. The summed E-state index contributed by atoms with van der Waals surface area (Å²) < 4.78 is 26.5. The second kappa shape index (κ2) is 20.9. The summed E-state index contributed by atoms with van der Waals surface area (Å²) in [6.07, 6.45) is 10.1. The van der Waals surface area contributed by atoms with Crippen molar-refractivity contribution in [3.63, 3.8) is 0 Å². The number of ether oxygens (including phenoxy) is 4. The smallest absolute Gasteiger partial charge is 0.409 e. The quantitative estimate of drug-likeness (QED) is 0.0357. The van der Waals surface area contributed by atoms with E-state index in [0.717, 1.165) is 47.6 Å². The number of likely N-dealkylation sites (N-methyl/N-ethyl adjacent to an activating group) is 1. The average molecular weight is 860 g/mol. The second-order valence-electron chi connectivity index (χ2n) is 16.4. The fourth-order valence-corrected chi connectivity index (χ4v) is 9.52. The highest BCUT2D eigenvalue weighted by Gasteiger charge is 2.65. The molecule has 1 saturated carbocycles. The minimum absolute atomic E-state index is 0.0140. The molecule has 63 heavy (non-hydrogen) atoms. The van der Waals surface area contributed by atoms with Crippen molar-refractivity contribution in [3.05, 3.63) is 143 Å². The lowest BCUT2D eigenvalue weighted by atomic mass is 9.55. The molecule has 1 heterocycles. The van der Waals surface area contributed by atoms with Crippen LogP contribution in [0.5, 0.6) is 17.2 Å². The maximum atomic E-state index is 14.0. The van der Waals surface area contributed by atoms with Crippen molar-refractivity contribution in [3.8, 4) is 17.2 Å². The molecule has 1 amide bonds. The summed E-state index contributed by atoms with van der Waals surface area (Å²) >= 11 is 0. The van der Waals surface area contributed by atoms with Crippen LogP contribution in [0.2, 0.25) is 0 Å². The van der Waals surface area contributed by atoms with Crippen molar-refractivity contribution >= 4 is 28.3 Å².